The van der Waals surface area contributed by atoms with Crippen LogP contribution >= 0.6 is 11.6 Å². The third-order valence-electron chi connectivity index (χ3n) is 6.67. The summed E-state index contributed by atoms with van der Waals surface area (Å²) in [6.45, 7) is 4.58. The van der Waals surface area contributed by atoms with Crippen molar-refractivity contribution in [2.45, 2.75) is 29.9 Å². The summed E-state index contributed by atoms with van der Waals surface area (Å²) < 4.78 is 29.2. The Morgan fingerprint density at radius 1 is 0.848 bits per heavy atom. The van der Waals surface area contributed by atoms with E-state index >= 15 is 0 Å². The first-order valence-electron chi connectivity index (χ1n) is 11.4. The summed E-state index contributed by atoms with van der Waals surface area (Å²) in [5.74, 6) is 0. The fourth-order valence-corrected chi connectivity index (χ4v) is 6.43. The summed E-state index contributed by atoms with van der Waals surface area (Å²) in [6, 6.07) is 24.9. The number of sulfonamides is 1. The summed E-state index contributed by atoms with van der Waals surface area (Å²) >= 11 is 6.02. The molecule has 0 radical (unpaired) electrons. The molecule has 0 saturated carbocycles. The summed E-state index contributed by atoms with van der Waals surface area (Å²) in [7, 11) is -3.59. The molecule has 33 heavy (non-hydrogen) atoms. The first-order chi connectivity index (χ1) is 16.0. The molecule has 0 amide bonds. The minimum atomic E-state index is -3.59. The summed E-state index contributed by atoms with van der Waals surface area (Å²) in [6.07, 6.45) is 0.706. The molecule has 7 heteroatoms. The van der Waals surface area contributed by atoms with Crippen LogP contribution in [0.4, 0.5) is 0 Å². The molecule has 1 heterocycles. The van der Waals surface area contributed by atoms with Crippen molar-refractivity contribution in [3.63, 3.8) is 0 Å². The van der Waals surface area contributed by atoms with E-state index in [1.54, 1.807) is 24.3 Å². The smallest absolute Gasteiger partial charge is 0.240 e. The SMILES string of the molecule is O=S(=O)(N[C@H]1Cc2ccccc2[C@@H]1N1CCN(Cc2ccc(Cl)cc2)CC1)c1ccccc1. The lowest BCUT2D eigenvalue weighted by atomic mass is 10.0. The summed E-state index contributed by atoms with van der Waals surface area (Å²) in [4.78, 5) is 5.21. The van der Waals surface area contributed by atoms with Crippen molar-refractivity contribution in [3.05, 3.63) is 101 Å². The van der Waals surface area contributed by atoms with Crippen molar-refractivity contribution >= 4 is 21.6 Å². The van der Waals surface area contributed by atoms with Gasteiger partial charge in [0.15, 0.2) is 0 Å². The van der Waals surface area contributed by atoms with Gasteiger partial charge < -0.3 is 0 Å². The second-order valence-corrected chi connectivity index (χ2v) is 11.0. The van der Waals surface area contributed by atoms with Crippen molar-refractivity contribution in [1.29, 1.82) is 0 Å². The Kier molecular flexibility index (Phi) is 6.54. The van der Waals surface area contributed by atoms with Crippen LogP contribution in [0.3, 0.4) is 0 Å². The molecule has 5 rings (SSSR count). The van der Waals surface area contributed by atoms with Crippen LogP contribution in [0.25, 0.3) is 0 Å². The van der Waals surface area contributed by atoms with Crippen molar-refractivity contribution in [2.75, 3.05) is 26.2 Å². The fraction of sp³-hybridized carbons (Fsp3) is 0.308. The predicted octanol–water partition coefficient (Wildman–Crippen LogP) is 4.10. The van der Waals surface area contributed by atoms with Crippen molar-refractivity contribution in [2.24, 2.45) is 0 Å². The zero-order valence-electron chi connectivity index (χ0n) is 18.4. The number of benzene rings is 3. The molecule has 0 bridgehead atoms. The van der Waals surface area contributed by atoms with E-state index in [2.05, 4.69) is 44.9 Å². The molecule has 5 nitrogen and oxygen atoms in total. The molecule has 3 aromatic carbocycles. The third kappa shape index (κ3) is 5.00. The van der Waals surface area contributed by atoms with Gasteiger partial charge in [-0.05, 0) is 47.4 Å². The predicted molar refractivity (Wildman–Crippen MR) is 132 cm³/mol. The van der Waals surface area contributed by atoms with Gasteiger partial charge in [-0.25, -0.2) is 13.1 Å². The second kappa shape index (κ2) is 9.57. The molecule has 1 saturated heterocycles. The average Bonchev–Trinajstić information content (AvgIpc) is 3.19. The van der Waals surface area contributed by atoms with E-state index in [-0.39, 0.29) is 12.1 Å². The molecule has 1 N–H and O–H groups in total. The summed E-state index contributed by atoms with van der Waals surface area (Å²) in [5.41, 5.74) is 3.73. The topological polar surface area (TPSA) is 52.7 Å². The standard InChI is InChI=1S/C26H28ClN3O2S/c27-22-12-10-20(11-13-22)19-29-14-16-30(17-15-29)26-24-9-5-4-6-21(24)18-25(26)28-33(31,32)23-7-2-1-3-8-23/h1-13,25-26,28H,14-19H2/t25-,26-/m0/s1. The molecule has 1 aliphatic heterocycles. The highest BCUT2D eigenvalue weighted by atomic mass is 35.5. The van der Waals surface area contributed by atoms with Crippen LogP contribution in [0.2, 0.25) is 5.02 Å². The maximum absolute atomic E-state index is 13.1. The monoisotopic (exact) mass is 481 g/mol. The molecule has 2 aliphatic rings. The zero-order valence-corrected chi connectivity index (χ0v) is 20.0. The second-order valence-electron chi connectivity index (χ2n) is 8.83. The maximum atomic E-state index is 13.1. The van der Waals surface area contributed by atoms with E-state index in [1.165, 1.54) is 16.7 Å². The van der Waals surface area contributed by atoms with Gasteiger partial charge in [0.25, 0.3) is 0 Å². The van der Waals surface area contributed by atoms with Gasteiger partial charge in [-0.15, -0.1) is 0 Å². The molecule has 0 unspecified atom stereocenters. The van der Waals surface area contributed by atoms with Gasteiger partial charge in [-0.3, -0.25) is 9.80 Å². The Morgan fingerprint density at radius 2 is 1.52 bits per heavy atom. The number of halogens is 1. The van der Waals surface area contributed by atoms with E-state index < -0.39 is 10.0 Å². The van der Waals surface area contributed by atoms with Crippen LogP contribution < -0.4 is 4.72 Å². The van der Waals surface area contributed by atoms with Crippen LogP contribution in [0.1, 0.15) is 22.7 Å². The van der Waals surface area contributed by atoms with Gasteiger partial charge in [0.1, 0.15) is 0 Å². The highest BCUT2D eigenvalue weighted by Crippen LogP contribution is 2.37. The lowest BCUT2D eigenvalue weighted by molar-refractivity contribution is 0.0829. The highest BCUT2D eigenvalue weighted by molar-refractivity contribution is 7.89. The van der Waals surface area contributed by atoms with Gasteiger partial charge in [-0.1, -0.05) is 66.2 Å². The number of piperazine rings is 1. The normalized spacial score (nSPS) is 21.7. The van der Waals surface area contributed by atoms with E-state index in [1.807, 2.05) is 24.3 Å². The van der Waals surface area contributed by atoms with Crippen LogP contribution in [0.15, 0.2) is 83.8 Å². The molecule has 2 atom stereocenters. The van der Waals surface area contributed by atoms with E-state index in [9.17, 15) is 8.42 Å². The first-order valence-corrected chi connectivity index (χ1v) is 13.2. The number of nitrogens with zero attached hydrogens (tertiary/aromatic N) is 2. The van der Waals surface area contributed by atoms with Crippen LogP contribution in [-0.4, -0.2) is 50.4 Å². The number of rotatable bonds is 6. The molecular weight excluding hydrogens is 454 g/mol. The molecule has 0 spiro atoms. The number of nitrogens with one attached hydrogen (secondary N) is 1. The van der Waals surface area contributed by atoms with Crippen LogP contribution in [-0.2, 0) is 23.0 Å². The first kappa shape index (κ1) is 22.6. The molecular formula is C26H28ClN3O2S. The quantitative estimate of drug-likeness (QED) is 0.576. The molecule has 0 aromatic heterocycles. The van der Waals surface area contributed by atoms with Gasteiger partial charge in [0.05, 0.1) is 10.9 Å². The van der Waals surface area contributed by atoms with Crippen LogP contribution in [0, 0.1) is 0 Å². The Hall–Kier alpha value is -2.22. The van der Waals surface area contributed by atoms with Crippen molar-refractivity contribution < 1.29 is 8.42 Å². The average molecular weight is 482 g/mol. The summed E-state index contributed by atoms with van der Waals surface area (Å²) in [5, 5.41) is 0.757. The van der Waals surface area contributed by atoms with Gasteiger partial charge in [0.2, 0.25) is 10.0 Å². The number of hydrogen-bond donors (Lipinski definition) is 1. The number of hydrogen-bond acceptors (Lipinski definition) is 4. The van der Waals surface area contributed by atoms with E-state index in [0.717, 1.165) is 37.7 Å². The minimum Gasteiger partial charge on any atom is -0.297 e. The Balaban J connectivity index is 1.31. The lowest BCUT2D eigenvalue weighted by Crippen LogP contribution is -2.51. The Bertz CT molecular complexity index is 1190. The lowest BCUT2D eigenvalue weighted by Gasteiger charge is -2.40. The van der Waals surface area contributed by atoms with Gasteiger partial charge in [-0.2, -0.15) is 0 Å². The van der Waals surface area contributed by atoms with E-state index in [0.29, 0.717) is 11.3 Å². The zero-order chi connectivity index (χ0) is 22.8. The Labute approximate surface area is 201 Å². The number of fused-ring (bicyclic) bond motifs is 1. The van der Waals surface area contributed by atoms with Gasteiger partial charge >= 0.3 is 0 Å². The minimum absolute atomic E-state index is 0.0392. The highest BCUT2D eigenvalue weighted by Gasteiger charge is 2.39. The van der Waals surface area contributed by atoms with Crippen molar-refractivity contribution in [3.8, 4) is 0 Å². The third-order valence-corrected chi connectivity index (χ3v) is 8.43. The van der Waals surface area contributed by atoms with E-state index in [4.69, 9.17) is 11.6 Å². The Morgan fingerprint density at radius 3 is 2.24 bits per heavy atom. The fourth-order valence-electron chi connectivity index (χ4n) is 5.05. The molecule has 1 aliphatic carbocycles. The molecule has 3 aromatic rings. The van der Waals surface area contributed by atoms with Crippen LogP contribution in [0.5, 0.6) is 0 Å². The molecule has 1 fully saturated rings. The largest absolute Gasteiger partial charge is 0.297 e. The van der Waals surface area contributed by atoms with Gasteiger partial charge in [0, 0.05) is 43.8 Å². The van der Waals surface area contributed by atoms with Crippen molar-refractivity contribution in [1.82, 2.24) is 14.5 Å². The molecule has 172 valence electrons. The maximum Gasteiger partial charge on any atom is 0.240 e.